The van der Waals surface area contributed by atoms with Gasteiger partial charge in [-0.2, -0.15) is 0 Å². The molecule has 14 heavy (non-hydrogen) atoms. The molecule has 0 saturated heterocycles. The number of benzene rings is 1. The van der Waals surface area contributed by atoms with Crippen molar-refractivity contribution in [1.82, 2.24) is 0 Å². The van der Waals surface area contributed by atoms with Crippen LogP contribution in [0.1, 0.15) is 25.3 Å². The summed E-state index contributed by atoms with van der Waals surface area (Å²) in [6.07, 6.45) is 0. The zero-order valence-corrected chi connectivity index (χ0v) is 8.88. The van der Waals surface area contributed by atoms with Crippen LogP contribution in [0.15, 0.2) is 23.1 Å². The van der Waals surface area contributed by atoms with Gasteiger partial charge in [0, 0.05) is 0 Å². The highest BCUT2D eigenvalue weighted by atomic mass is 32.2. The second-order valence-electron chi connectivity index (χ2n) is 3.42. The fraction of sp³-hybridized carbons (Fsp3) is 0.333. The first-order valence-electron chi connectivity index (χ1n) is 4.18. The molecule has 0 radical (unpaired) electrons. The van der Waals surface area contributed by atoms with Gasteiger partial charge in [-0.05, 0) is 29.7 Å². The third-order valence-electron chi connectivity index (χ3n) is 1.95. The standard InChI is InChI=1S/C9H13NO3S/c1-6(2)8-5-7(14(10,12)13)3-4-9(8)11/h3-6,11H,1-2H3,(H2,10,12,13). The molecule has 0 bridgehead atoms. The number of hydrogen-bond acceptors (Lipinski definition) is 3. The molecular formula is C9H13NO3S. The normalized spacial score (nSPS) is 12.0. The van der Waals surface area contributed by atoms with Crippen LogP contribution in [0, 0.1) is 0 Å². The van der Waals surface area contributed by atoms with Crippen LogP contribution in [0.25, 0.3) is 0 Å². The van der Waals surface area contributed by atoms with E-state index in [-0.39, 0.29) is 16.6 Å². The van der Waals surface area contributed by atoms with Gasteiger partial charge in [-0.15, -0.1) is 0 Å². The Labute approximate surface area is 83.4 Å². The Balaban J connectivity index is 3.34. The van der Waals surface area contributed by atoms with Crippen molar-refractivity contribution in [3.63, 3.8) is 0 Å². The SMILES string of the molecule is CC(C)c1cc(S(N)(=O)=O)ccc1O. The average molecular weight is 215 g/mol. The molecule has 0 atom stereocenters. The van der Waals surface area contributed by atoms with E-state index >= 15 is 0 Å². The van der Waals surface area contributed by atoms with Gasteiger partial charge in [-0.3, -0.25) is 0 Å². The third-order valence-corrected chi connectivity index (χ3v) is 2.86. The molecular weight excluding hydrogens is 202 g/mol. The van der Waals surface area contributed by atoms with Crippen LogP contribution in [-0.4, -0.2) is 13.5 Å². The largest absolute Gasteiger partial charge is 0.508 e. The molecule has 0 saturated carbocycles. The predicted molar refractivity (Wildman–Crippen MR) is 53.6 cm³/mol. The minimum Gasteiger partial charge on any atom is -0.508 e. The molecule has 3 N–H and O–H groups in total. The molecule has 78 valence electrons. The van der Waals surface area contributed by atoms with Gasteiger partial charge in [0.25, 0.3) is 0 Å². The maximum atomic E-state index is 11.0. The van der Waals surface area contributed by atoms with Crippen molar-refractivity contribution in [3.8, 4) is 5.75 Å². The Morgan fingerprint density at radius 3 is 2.36 bits per heavy atom. The zero-order valence-electron chi connectivity index (χ0n) is 8.06. The van der Waals surface area contributed by atoms with Crippen molar-refractivity contribution in [2.75, 3.05) is 0 Å². The summed E-state index contributed by atoms with van der Waals surface area (Å²) in [7, 11) is -3.69. The van der Waals surface area contributed by atoms with E-state index < -0.39 is 10.0 Å². The Kier molecular flexibility index (Phi) is 2.82. The fourth-order valence-corrected chi connectivity index (χ4v) is 1.72. The topological polar surface area (TPSA) is 80.4 Å². The highest BCUT2D eigenvalue weighted by Crippen LogP contribution is 2.27. The number of hydrogen-bond donors (Lipinski definition) is 2. The molecule has 0 aliphatic heterocycles. The summed E-state index contributed by atoms with van der Waals surface area (Å²) in [5.41, 5.74) is 0.580. The molecule has 1 rings (SSSR count). The number of nitrogens with two attached hydrogens (primary N) is 1. The molecule has 1 aromatic carbocycles. The van der Waals surface area contributed by atoms with Gasteiger partial charge in [0.2, 0.25) is 10.0 Å². The van der Waals surface area contributed by atoms with Gasteiger partial charge in [0.05, 0.1) is 4.90 Å². The molecule has 0 spiro atoms. The number of aromatic hydroxyl groups is 1. The lowest BCUT2D eigenvalue weighted by molar-refractivity contribution is 0.464. The summed E-state index contributed by atoms with van der Waals surface area (Å²) in [5, 5.41) is 14.4. The lowest BCUT2D eigenvalue weighted by Gasteiger charge is -2.09. The molecule has 0 unspecified atom stereocenters. The molecule has 1 aromatic rings. The van der Waals surface area contributed by atoms with Crippen molar-refractivity contribution < 1.29 is 13.5 Å². The van der Waals surface area contributed by atoms with Gasteiger partial charge in [0.1, 0.15) is 5.75 Å². The van der Waals surface area contributed by atoms with Crippen LogP contribution in [0.3, 0.4) is 0 Å². The van der Waals surface area contributed by atoms with E-state index in [1.165, 1.54) is 18.2 Å². The molecule has 0 heterocycles. The number of phenols is 1. The summed E-state index contributed by atoms with van der Waals surface area (Å²) >= 11 is 0. The second-order valence-corrected chi connectivity index (χ2v) is 4.98. The molecule has 0 aliphatic carbocycles. The summed E-state index contributed by atoms with van der Waals surface area (Å²) in [6.45, 7) is 3.73. The Morgan fingerprint density at radius 2 is 1.93 bits per heavy atom. The number of phenolic OH excluding ortho intramolecular Hbond substituents is 1. The number of sulfonamides is 1. The van der Waals surface area contributed by atoms with Crippen LogP contribution in [0.4, 0.5) is 0 Å². The second kappa shape index (κ2) is 3.59. The van der Waals surface area contributed by atoms with Crippen LogP contribution >= 0.6 is 0 Å². The van der Waals surface area contributed by atoms with E-state index in [2.05, 4.69) is 0 Å². The summed E-state index contributed by atoms with van der Waals surface area (Å²) < 4.78 is 22.0. The van der Waals surface area contributed by atoms with Crippen LogP contribution in [0.2, 0.25) is 0 Å². The average Bonchev–Trinajstić information content (AvgIpc) is 2.02. The summed E-state index contributed by atoms with van der Waals surface area (Å²) in [4.78, 5) is 0.0269. The van der Waals surface area contributed by atoms with Crippen molar-refractivity contribution in [3.05, 3.63) is 23.8 Å². The van der Waals surface area contributed by atoms with E-state index in [0.29, 0.717) is 5.56 Å². The van der Waals surface area contributed by atoms with E-state index in [0.717, 1.165) is 0 Å². The van der Waals surface area contributed by atoms with Crippen LogP contribution < -0.4 is 5.14 Å². The lowest BCUT2D eigenvalue weighted by atomic mass is 10.0. The Morgan fingerprint density at radius 1 is 1.36 bits per heavy atom. The van der Waals surface area contributed by atoms with Gasteiger partial charge in [-0.25, -0.2) is 13.6 Å². The first-order valence-corrected chi connectivity index (χ1v) is 5.72. The van der Waals surface area contributed by atoms with Gasteiger partial charge >= 0.3 is 0 Å². The highest BCUT2D eigenvalue weighted by Gasteiger charge is 2.12. The van der Waals surface area contributed by atoms with Crippen molar-refractivity contribution in [2.24, 2.45) is 5.14 Å². The highest BCUT2D eigenvalue weighted by molar-refractivity contribution is 7.89. The zero-order chi connectivity index (χ0) is 10.9. The first-order chi connectivity index (χ1) is 6.32. The molecule has 4 nitrogen and oxygen atoms in total. The lowest BCUT2D eigenvalue weighted by Crippen LogP contribution is -2.12. The van der Waals surface area contributed by atoms with Gasteiger partial charge in [0.15, 0.2) is 0 Å². The van der Waals surface area contributed by atoms with Crippen molar-refractivity contribution in [2.45, 2.75) is 24.7 Å². The third kappa shape index (κ3) is 2.24. The maximum absolute atomic E-state index is 11.0. The van der Waals surface area contributed by atoms with E-state index in [1.54, 1.807) is 0 Å². The molecule has 0 aromatic heterocycles. The van der Waals surface area contributed by atoms with Gasteiger partial charge < -0.3 is 5.11 Å². The Hall–Kier alpha value is -1.07. The monoisotopic (exact) mass is 215 g/mol. The quantitative estimate of drug-likeness (QED) is 0.776. The van der Waals surface area contributed by atoms with E-state index in [9.17, 15) is 13.5 Å². The fourth-order valence-electron chi connectivity index (χ4n) is 1.17. The smallest absolute Gasteiger partial charge is 0.238 e. The van der Waals surface area contributed by atoms with Crippen LogP contribution in [-0.2, 0) is 10.0 Å². The molecule has 5 heteroatoms. The van der Waals surface area contributed by atoms with E-state index in [4.69, 9.17) is 5.14 Å². The van der Waals surface area contributed by atoms with Crippen LogP contribution in [0.5, 0.6) is 5.75 Å². The predicted octanol–water partition coefficient (Wildman–Crippen LogP) is 1.16. The molecule has 0 fully saturated rings. The number of rotatable bonds is 2. The molecule has 0 amide bonds. The maximum Gasteiger partial charge on any atom is 0.238 e. The minimum absolute atomic E-state index is 0.0269. The van der Waals surface area contributed by atoms with E-state index in [1.807, 2.05) is 13.8 Å². The summed E-state index contributed by atoms with van der Waals surface area (Å²) in [5.74, 6) is 0.143. The molecule has 0 aliphatic rings. The Bertz CT molecular complexity index is 437. The van der Waals surface area contributed by atoms with Crippen molar-refractivity contribution in [1.29, 1.82) is 0 Å². The number of primary sulfonamides is 1. The summed E-state index contributed by atoms with van der Waals surface area (Å²) in [6, 6.07) is 4.03. The van der Waals surface area contributed by atoms with Gasteiger partial charge in [-0.1, -0.05) is 13.8 Å². The van der Waals surface area contributed by atoms with Crippen molar-refractivity contribution >= 4 is 10.0 Å². The first kappa shape index (κ1) is 11.0. The minimum atomic E-state index is -3.69.